The fourth-order valence-electron chi connectivity index (χ4n) is 5.18. The molecule has 3 aromatic rings. The smallest absolute Gasteiger partial charge is 0.304 e. The van der Waals surface area contributed by atoms with Crippen molar-refractivity contribution in [2.45, 2.75) is 58.8 Å². The van der Waals surface area contributed by atoms with Gasteiger partial charge in [0.05, 0.1) is 18.1 Å². The van der Waals surface area contributed by atoms with Crippen LogP contribution < -0.4 is 0 Å². The van der Waals surface area contributed by atoms with E-state index >= 15 is 0 Å². The number of nitrogens with zero attached hydrogens (tertiary/aromatic N) is 4. The molecule has 6 nitrogen and oxygen atoms in total. The molecule has 0 bridgehead atoms. The molecule has 0 amide bonds. The third-order valence-electron chi connectivity index (χ3n) is 7.00. The highest BCUT2D eigenvalue weighted by atomic mass is 32.1. The van der Waals surface area contributed by atoms with Crippen LogP contribution in [0, 0.1) is 17.2 Å². The van der Waals surface area contributed by atoms with Crippen LogP contribution in [0.3, 0.4) is 0 Å². The molecule has 1 fully saturated rings. The Kier molecular flexibility index (Phi) is 8.50. The van der Waals surface area contributed by atoms with Crippen LogP contribution in [0.4, 0.5) is 0 Å². The van der Waals surface area contributed by atoms with E-state index < -0.39 is 5.97 Å². The molecule has 2 heterocycles. The number of hydrogen-bond acceptors (Lipinski definition) is 6. The van der Waals surface area contributed by atoms with E-state index in [1.807, 2.05) is 6.07 Å². The number of rotatable bonds is 9. The number of piperidine rings is 1. The van der Waals surface area contributed by atoms with E-state index in [1.54, 1.807) is 11.3 Å². The Morgan fingerprint density at radius 2 is 1.94 bits per heavy atom. The molecule has 7 heteroatoms. The number of carbonyl (C=O) groups is 1. The standard InChI is InChI=1S/C29H34N4O2S/c1-4-24-25(20-10-13-33(14-11-20)15-12-27(34)35)6-5-7-26(24)29-32-31-28(36-29)22-9-8-21(16-19(2)3)23(17-22)18-30/h5-9,17,19-20H,4,10-16H2,1-3H3,(H,34,35). The molecule has 0 unspecified atom stereocenters. The number of likely N-dealkylation sites (tertiary alicyclic amines) is 1. The summed E-state index contributed by atoms with van der Waals surface area (Å²) in [7, 11) is 0. The Bertz CT molecular complexity index is 1250. The first kappa shape index (κ1) is 26.0. The second-order valence-corrected chi connectivity index (χ2v) is 11.0. The zero-order valence-electron chi connectivity index (χ0n) is 21.3. The Hall–Kier alpha value is -3.08. The van der Waals surface area contributed by atoms with Crippen molar-refractivity contribution in [3.63, 3.8) is 0 Å². The van der Waals surface area contributed by atoms with Crippen molar-refractivity contribution in [1.29, 1.82) is 5.26 Å². The second-order valence-electron chi connectivity index (χ2n) is 9.98. The molecule has 0 atom stereocenters. The first-order chi connectivity index (χ1) is 17.4. The van der Waals surface area contributed by atoms with Gasteiger partial charge in [-0.15, -0.1) is 10.2 Å². The van der Waals surface area contributed by atoms with E-state index in [9.17, 15) is 10.1 Å². The average molecular weight is 503 g/mol. The fraction of sp³-hybridized carbons (Fsp3) is 0.448. The molecule has 1 aliphatic rings. The lowest BCUT2D eigenvalue weighted by Gasteiger charge is -2.33. The number of hydrogen-bond donors (Lipinski definition) is 1. The Morgan fingerprint density at radius 3 is 2.61 bits per heavy atom. The van der Waals surface area contributed by atoms with Crippen LogP contribution in [0.1, 0.15) is 68.2 Å². The maximum atomic E-state index is 10.9. The van der Waals surface area contributed by atoms with Gasteiger partial charge in [-0.3, -0.25) is 4.79 Å². The van der Waals surface area contributed by atoms with E-state index in [1.165, 1.54) is 11.1 Å². The van der Waals surface area contributed by atoms with E-state index in [0.717, 1.165) is 65.5 Å². The molecule has 2 aromatic carbocycles. The fourth-order valence-corrected chi connectivity index (χ4v) is 6.08. The molecule has 0 aliphatic carbocycles. The SMILES string of the molecule is CCc1c(-c2nnc(-c3ccc(CC(C)C)c(C#N)c3)s2)cccc1C1CCN(CCC(=O)O)CC1. The van der Waals surface area contributed by atoms with Gasteiger partial charge >= 0.3 is 5.97 Å². The van der Waals surface area contributed by atoms with Crippen molar-refractivity contribution in [3.05, 3.63) is 58.7 Å². The summed E-state index contributed by atoms with van der Waals surface area (Å²) in [6.45, 7) is 9.01. The van der Waals surface area contributed by atoms with Crippen LogP contribution in [-0.2, 0) is 17.6 Å². The van der Waals surface area contributed by atoms with Crippen LogP contribution in [0.15, 0.2) is 36.4 Å². The largest absolute Gasteiger partial charge is 0.481 e. The van der Waals surface area contributed by atoms with Crippen LogP contribution in [0.25, 0.3) is 21.1 Å². The molecule has 1 N–H and O–H groups in total. The maximum absolute atomic E-state index is 10.9. The minimum absolute atomic E-state index is 0.204. The molecular formula is C29H34N4O2S. The molecule has 0 radical (unpaired) electrons. The summed E-state index contributed by atoms with van der Waals surface area (Å²) >= 11 is 1.58. The predicted octanol–water partition coefficient (Wildman–Crippen LogP) is 6.16. The highest BCUT2D eigenvalue weighted by Crippen LogP contribution is 2.38. The van der Waals surface area contributed by atoms with Crippen molar-refractivity contribution < 1.29 is 9.90 Å². The van der Waals surface area contributed by atoms with Crippen molar-refractivity contribution in [3.8, 4) is 27.2 Å². The molecule has 1 aliphatic heterocycles. The number of benzene rings is 2. The van der Waals surface area contributed by atoms with E-state index in [-0.39, 0.29) is 6.42 Å². The normalized spacial score (nSPS) is 14.8. The summed E-state index contributed by atoms with van der Waals surface area (Å²) in [5.41, 5.74) is 6.58. The third kappa shape index (κ3) is 6.00. The molecule has 0 saturated carbocycles. The molecule has 188 valence electrons. The quantitative estimate of drug-likeness (QED) is 0.377. The summed E-state index contributed by atoms with van der Waals surface area (Å²) in [5, 5.41) is 29.4. The minimum Gasteiger partial charge on any atom is -0.481 e. The zero-order valence-corrected chi connectivity index (χ0v) is 22.1. The van der Waals surface area contributed by atoms with Gasteiger partial charge in [0.1, 0.15) is 10.0 Å². The summed E-state index contributed by atoms with van der Waals surface area (Å²) in [4.78, 5) is 13.2. The molecule has 36 heavy (non-hydrogen) atoms. The Morgan fingerprint density at radius 1 is 1.19 bits per heavy atom. The number of carboxylic acid groups (broad SMARTS) is 1. The van der Waals surface area contributed by atoms with Crippen LogP contribution in [0.5, 0.6) is 0 Å². The molecule has 0 spiro atoms. The Labute approximate surface area is 217 Å². The summed E-state index contributed by atoms with van der Waals surface area (Å²) in [6, 6.07) is 14.9. The number of aromatic nitrogens is 2. The lowest BCUT2D eigenvalue weighted by molar-refractivity contribution is -0.137. The lowest BCUT2D eigenvalue weighted by atomic mass is 9.84. The van der Waals surface area contributed by atoms with Gasteiger partial charge in [0, 0.05) is 17.7 Å². The van der Waals surface area contributed by atoms with Gasteiger partial charge < -0.3 is 10.0 Å². The first-order valence-electron chi connectivity index (χ1n) is 12.8. The molecule has 4 rings (SSSR count). The van der Waals surface area contributed by atoms with Gasteiger partial charge in [-0.2, -0.15) is 5.26 Å². The molecule has 1 saturated heterocycles. The Balaban J connectivity index is 1.56. The van der Waals surface area contributed by atoms with Gasteiger partial charge in [0.2, 0.25) is 0 Å². The van der Waals surface area contributed by atoms with Gasteiger partial charge in [0.15, 0.2) is 0 Å². The van der Waals surface area contributed by atoms with Crippen LogP contribution >= 0.6 is 11.3 Å². The van der Waals surface area contributed by atoms with Crippen molar-refractivity contribution in [2.75, 3.05) is 19.6 Å². The highest BCUT2D eigenvalue weighted by molar-refractivity contribution is 7.17. The van der Waals surface area contributed by atoms with Crippen molar-refractivity contribution in [1.82, 2.24) is 15.1 Å². The van der Waals surface area contributed by atoms with E-state index in [4.69, 9.17) is 5.11 Å². The summed E-state index contributed by atoms with van der Waals surface area (Å²) in [6.07, 6.45) is 4.09. The predicted molar refractivity (Wildman–Crippen MR) is 144 cm³/mol. The molecular weight excluding hydrogens is 468 g/mol. The zero-order chi connectivity index (χ0) is 25.7. The number of aliphatic carboxylic acids is 1. The first-order valence-corrected chi connectivity index (χ1v) is 13.6. The summed E-state index contributed by atoms with van der Waals surface area (Å²) < 4.78 is 0. The monoisotopic (exact) mass is 502 g/mol. The highest BCUT2D eigenvalue weighted by Gasteiger charge is 2.24. The lowest BCUT2D eigenvalue weighted by Crippen LogP contribution is -2.34. The van der Waals surface area contributed by atoms with Gasteiger partial charge in [-0.25, -0.2) is 0 Å². The average Bonchev–Trinajstić information content (AvgIpc) is 3.37. The molecule has 1 aromatic heterocycles. The summed E-state index contributed by atoms with van der Waals surface area (Å²) in [5.74, 6) is 0.234. The van der Waals surface area contributed by atoms with Gasteiger partial charge in [0.25, 0.3) is 0 Å². The van der Waals surface area contributed by atoms with Crippen LogP contribution in [0.2, 0.25) is 0 Å². The van der Waals surface area contributed by atoms with Crippen molar-refractivity contribution in [2.24, 2.45) is 5.92 Å². The minimum atomic E-state index is -0.732. The van der Waals surface area contributed by atoms with E-state index in [2.05, 4.69) is 72.3 Å². The second kappa shape index (κ2) is 11.8. The number of nitriles is 1. The van der Waals surface area contributed by atoms with Crippen molar-refractivity contribution >= 4 is 17.3 Å². The van der Waals surface area contributed by atoms with Gasteiger partial charge in [-0.1, -0.05) is 62.4 Å². The third-order valence-corrected chi connectivity index (χ3v) is 8.00. The van der Waals surface area contributed by atoms with E-state index in [0.29, 0.717) is 23.9 Å². The number of carboxylic acids is 1. The topological polar surface area (TPSA) is 90.1 Å². The van der Waals surface area contributed by atoms with Crippen LogP contribution in [-0.4, -0.2) is 45.8 Å². The van der Waals surface area contributed by atoms with Gasteiger partial charge in [-0.05, 0) is 73.4 Å². The maximum Gasteiger partial charge on any atom is 0.304 e.